The quantitative estimate of drug-likeness (QED) is 0.727. The van der Waals surface area contributed by atoms with Crippen LogP contribution in [0.15, 0.2) is 40.9 Å². The molecule has 2 aromatic carbocycles. The van der Waals surface area contributed by atoms with Crippen molar-refractivity contribution in [1.82, 2.24) is 10.6 Å². The van der Waals surface area contributed by atoms with Crippen molar-refractivity contribution in [2.75, 3.05) is 6.73 Å². The molecular formula is C17H18BrClN2O2. The number of urea groups is 1. The fraction of sp³-hybridized carbons (Fsp3) is 0.235. The third-order valence-corrected chi connectivity index (χ3v) is 4.31. The van der Waals surface area contributed by atoms with Crippen LogP contribution < -0.4 is 15.4 Å². The van der Waals surface area contributed by atoms with E-state index in [9.17, 15) is 4.79 Å². The number of halogens is 2. The maximum absolute atomic E-state index is 11.7. The number of nitrogens with one attached hydrogen (secondary N) is 2. The molecule has 2 N–H and O–H groups in total. The minimum Gasteiger partial charge on any atom is -0.473 e. The Bertz CT molecular complexity index is 684. The Balaban J connectivity index is 1.77. The fourth-order valence-corrected chi connectivity index (χ4v) is 2.62. The van der Waals surface area contributed by atoms with Gasteiger partial charge >= 0.3 is 6.03 Å². The lowest BCUT2D eigenvalue weighted by Gasteiger charge is -2.11. The van der Waals surface area contributed by atoms with Gasteiger partial charge < -0.3 is 15.4 Å². The minimum absolute atomic E-state index is 0.0881. The lowest BCUT2D eigenvalue weighted by molar-refractivity contribution is 0.223. The van der Waals surface area contributed by atoms with Gasteiger partial charge in [0.2, 0.25) is 0 Å². The Morgan fingerprint density at radius 2 is 1.87 bits per heavy atom. The van der Waals surface area contributed by atoms with Crippen LogP contribution in [0.2, 0.25) is 5.02 Å². The molecule has 0 bridgehead atoms. The van der Waals surface area contributed by atoms with E-state index in [0.29, 0.717) is 12.3 Å². The molecule has 0 aliphatic rings. The van der Waals surface area contributed by atoms with Crippen LogP contribution in [0.3, 0.4) is 0 Å². The number of hydrogen-bond acceptors (Lipinski definition) is 2. The smallest absolute Gasteiger partial charge is 0.317 e. The lowest BCUT2D eigenvalue weighted by Crippen LogP contribution is -2.37. The van der Waals surface area contributed by atoms with Gasteiger partial charge in [0.1, 0.15) is 5.75 Å². The van der Waals surface area contributed by atoms with Crippen LogP contribution in [0, 0.1) is 13.8 Å². The molecule has 2 aromatic rings. The van der Waals surface area contributed by atoms with Gasteiger partial charge in [-0.3, -0.25) is 0 Å². The molecule has 122 valence electrons. The maximum Gasteiger partial charge on any atom is 0.317 e. The van der Waals surface area contributed by atoms with E-state index in [1.807, 2.05) is 50.2 Å². The van der Waals surface area contributed by atoms with Crippen molar-refractivity contribution < 1.29 is 9.53 Å². The van der Waals surface area contributed by atoms with Crippen molar-refractivity contribution in [3.05, 3.63) is 62.6 Å². The Morgan fingerprint density at radius 3 is 2.52 bits per heavy atom. The van der Waals surface area contributed by atoms with Gasteiger partial charge in [-0.05, 0) is 54.8 Å². The highest BCUT2D eigenvalue weighted by Gasteiger charge is 2.05. The zero-order valence-electron chi connectivity index (χ0n) is 13.0. The molecule has 0 spiro atoms. The number of ether oxygens (including phenoxy) is 1. The second-order valence-electron chi connectivity index (χ2n) is 5.15. The highest BCUT2D eigenvalue weighted by atomic mass is 79.9. The molecule has 6 heteroatoms. The summed E-state index contributed by atoms with van der Waals surface area (Å²) < 4.78 is 6.51. The van der Waals surface area contributed by atoms with E-state index in [2.05, 4.69) is 26.6 Å². The maximum atomic E-state index is 11.7. The van der Waals surface area contributed by atoms with Gasteiger partial charge in [-0.15, -0.1) is 0 Å². The van der Waals surface area contributed by atoms with E-state index in [1.54, 1.807) is 0 Å². The standard InChI is InChI=1S/C17H18BrClN2O2/c1-11-6-15(7-12(2)16(11)19)23-10-21-17(22)20-9-13-4-3-5-14(18)8-13/h3-8H,9-10H2,1-2H3,(H2,20,21,22). The third-order valence-electron chi connectivity index (χ3n) is 3.22. The zero-order chi connectivity index (χ0) is 16.8. The monoisotopic (exact) mass is 396 g/mol. The van der Waals surface area contributed by atoms with E-state index < -0.39 is 0 Å². The van der Waals surface area contributed by atoms with Crippen molar-refractivity contribution in [2.45, 2.75) is 20.4 Å². The zero-order valence-corrected chi connectivity index (χ0v) is 15.3. The van der Waals surface area contributed by atoms with Gasteiger partial charge in [0, 0.05) is 16.0 Å². The first-order valence-electron chi connectivity index (χ1n) is 7.11. The average Bonchev–Trinajstić information content (AvgIpc) is 2.50. The molecule has 2 rings (SSSR count). The number of amides is 2. The molecular weight excluding hydrogens is 380 g/mol. The summed E-state index contributed by atoms with van der Waals surface area (Å²) in [7, 11) is 0. The predicted octanol–water partition coefficient (Wildman–Crippen LogP) is 4.56. The lowest BCUT2D eigenvalue weighted by atomic mass is 10.1. The molecule has 0 radical (unpaired) electrons. The Hall–Kier alpha value is -1.72. The van der Waals surface area contributed by atoms with Crippen molar-refractivity contribution in [3.63, 3.8) is 0 Å². The topological polar surface area (TPSA) is 50.4 Å². The number of hydrogen-bond donors (Lipinski definition) is 2. The normalized spacial score (nSPS) is 10.3. The molecule has 0 saturated heterocycles. The van der Waals surface area contributed by atoms with E-state index >= 15 is 0 Å². The van der Waals surface area contributed by atoms with Gasteiger partial charge in [0.25, 0.3) is 0 Å². The Kier molecular flexibility index (Phi) is 6.30. The number of aryl methyl sites for hydroxylation is 2. The van der Waals surface area contributed by atoms with Gasteiger partial charge in [0.15, 0.2) is 6.73 Å². The molecule has 2 amide bonds. The van der Waals surface area contributed by atoms with Crippen molar-refractivity contribution in [2.24, 2.45) is 0 Å². The minimum atomic E-state index is -0.285. The summed E-state index contributed by atoms with van der Waals surface area (Å²) in [6, 6.07) is 11.2. The van der Waals surface area contributed by atoms with Crippen LogP contribution in [0.4, 0.5) is 4.79 Å². The van der Waals surface area contributed by atoms with Crippen LogP contribution >= 0.6 is 27.5 Å². The average molecular weight is 398 g/mol. The first-order valence-corrected chi connectivity index (χ1v) is 8.28. The second kappa shape index (κ2) is 8.22. The highest BCUT2D eigenvalue weighted by molar-refractivity contribution is 9.10. The van der Waals surface area contributed by atoms with Crippen molar-refractivity contribution in [3.8, 4) is 5.75 Å². The predicted molar refractivity (Wildman–Crippen MR) is 95.9 cm³/mol. The molecule has 0 unspecified atom stereocenters. The van der Waals surface area contributed by atoms with Crippen molar-refractivity contribution in [1.29, 1.82) is 0 Å². The van der Waals surface area contributed by atoms with Crippen LogP contribution in [0.25, 0.3) is 0 Å². The van der Waals surface area contributed by atoms with Crippen molar-refractivity contribution >= 4 is 33.6 Å². The fourth-order valence-electron chi connectivity index (χ4n) is 2.07. The van der Waals surface area contributed by atoms with E-state index in [-0.39, 0.29) is 12.8 Å². The summed E-state index contributed by atoms with van der Waals surface area (Å²) in [5, 5.41) is 6.16. The summed E-state index contributed by atoms with van der Waals surface area (Å²) in [6.07, 6.45) is 0. The van der Waals surface area contributed by atoms with E-state index in [0.717, 1.165) is 26.2 Å². The highest BCUT2D eigenvalue weighted by Crippen LogP contribution is 2.25. The second-order valence-corrected chi connectivity index (χ2v) is 6.44. The summed E-state index contributed by atoms with van der Waals surface area (Å²) >= 11 is 9.50. The van der Waals surface area contributed by atoms with Crippen LogP contribution in [0.1, 0.15) is 16.7 Å². The molecule has 0 fully saturated rings. The van der Waals surface area contributed by atoms with Gasteiger partial charge in [0.05, 0.1) is 0 Å². The number of carbonyl (C=O) groups excluding carboxylic acids is 1. The van der Waals surface area contributed by atoms with E-state index in [4.69, 9.17) is 16.3 Å². The first-order chi connectivity index (χ1) is 11.0. The molecule has 0 heterocycles. The molecule has 0 aromatic heterocycles. The number of rotatable bonds is 5. The Morgan fingerprint density at radius 1 is 1.17 bits per heavy atom. The summed E-state index contributed by atoms with van der Waals surface area (Å²) in [4.78, 5) is 11.7. The molecule has 0 aliphatic heterocycles. The summed E-state index contributed by atoms with van der Waals surface area (Å²) in [5.74, 6) is 0.677. The molecule has 23 heavy (non-hydrogen) atoms. The molecule has 0 aliphatic carbocycles. The number of benzene rings is 2. The Labute approximate surface area is 149 Å². The molecule has 0 atom stereocenters. The van der Waals surface area contributed by atoms with Gasteiger partial charge in [-0.25, -0.2) is 4.79 Å². The van der Waals surface area contributed by atoms with Crippen LogP contribution in [-0.2, 0) is 6.54 Å². The van der Waals surface area contributed by atoms with Crippen LogP contribution in [-0.4, -0.2) is 12.8 Å². The first kappa shape index (κ1) is 17.6. The van der Waals surface area contributed by atoms with Gasteiger partial charge in [-0.2, -0.15) is 0 Å². The SMILES string of the molecule is Cc1cc(OCNC(=O)NCc2cccc(Br)c2)cc(C)c1Cl. The summed E-state index contributed by atoms with van der Waals surface area (Å²) in [5.41, 5.74) is 2.90. The summed E-state index contributed by atoms with van der Waals surface area (Å²) in [6.45, 7) is 4.37. The van der Waals surface area contributed by atoms with E-state index in [1.165, 1.54) is 0 Å². The van der Waals surface area contributed by atoms with Gasteiger partial charge in [-0.1, -0.05) is 39.7 Å². The molecule has 4 nitrogen and oxygen atoms in total. The number of carbonyl (C=O) groups is 1. The molecule has 0 saturated carbocycles. The van der Waals surface area contributed by atoms with Crippen LogP contribution in [0.5, 0.6) is 5.75 Å². The third kappa shape index (κ3) is 5.44. The largest absolute Gasteiger partial charge is 0.473 e.